The molecule has 0 radical (unpaired) electrons. The van der Waals surface area contributed by atoms with E-state index < -0.39 is 0 Å². The molecule has 1 heterocycles. The summed E-state index contributed by atoms with van der Waals surface area (Å²) >= 11 is 0. The molecule has 1 heteroatoms. The normalized spacial score (nSPS) is 11.1. The van der Waals surface area contributed by atoms with Gasteiger partial charge in [-0.1, -0.05) is 125 Å². The van der Waals surface area contributed by atoms with Gasteiger partial charge in [-0.25, -0.2) is 4.98 Å². The Kier molecular flexibility index (Phi) is 7.84. The fourth-order valence-electron chi connectivity index (χ4n) is 5.03. The summed E-state index contributed by atoms with van der Waals surface area (Å²) in [7, 11) is 0. The van der Waals surface area contributed by atoms with Gasteiger partial charge < -0.3 is 0 Å². The van der Waals surface area contributed by atoms with Gasteiger partial charge in [0, 0.05) is 22.3 Å². The number of aryl methyl sites for hydroxylation is 4. The predicted octanol–water partition coefficient (Wildman–Crippen LogP) is 10.00. The van der Waals surface area contributed by atoms with E-state index in [0.717, 1.165) is 48.2 Å². The zero-order valence-corrected chi connectivity index (χ0v) is 23.1. The maximum atomic E-state index is 5.46. The first-order valence-electron chi connectivity index (χ1n) is 14.1. The van der Waals surface area contributed by atoms with Crippen LogP contribution in [-0.4, -0.2) is 4.98 Å². The number of benzene rings is 4. The van der Waals surface area contributed by atoms with Crippen LogP contribution in [0.25, 0.3) is 44.8 Å². The largest absolute Gasteiger partial charge is 0.246 e. The molecule has 0 atom stereocenters. The van der Waals surface area contributed by atoms with Crippen LogP contribution in [0, 0.1) is 0 Å². The van der Waals surface area contributed by atoms with Crippen molar-refractivity contribution in [2.45, 2.75) is 53.4 Å². The van der Waals surface area contributed by atoms with E-state index in [2.05, 4.69) is 131 Å². The van der Waals surface area contributed by atoms with Crippen LogP contribution < -0.4 is 0 Å². The molecule has 190 valence electrons. The van der Waals surface area contributed by atoms with Crippen LogP contribution in [0.2, 0.25) is 0 Å². The van der Waals surface area contributed by atoms with Gasteiger partial charge >= 0.3 is 0 Å². The predicted molar refractivity (Wildman–Crippen MR) is 163 cm³/mol. The molecule has 0 amide bonds. The van der Waals surface area contributed by atoms with Crippen molar-refractivity contribution in [2.24, 2.45) is 0 Å². The van der Waals surface area contributed by atoms with Gasteiger partial charge in [0.15, 0.2) is 0 Å². The average molecular weight is 496 g/mol. The van der Waals surface area contributed by atoms with Gasteiger partial charge in [-0.2, -0.15) is 0 Å². The van der Waals surface area contributed by atoms with Crippen molar-refractivity contribution in [1.29, 1.82) is 0 Å². The molecular formula is C37H37N. The maximum absolute atomic E-state index is 5.46. The van der Waals surface area contributed by atoms with Crippen LogP contribution >= 0.6 is 0 Å². The minimum Gasteiger partial charge on any atom is -0.246 e. The summed E-state index contributed by atoms with van der Waals surface area (Å²) in [5.74, 6) is 0. The summed E-state index contributed by atoms with van der Waals surface area (Å²) in [5, 5.41) is 0. The van der Waals surface area contributed by atoms with Crippen LogP contribution in [0.5, 0.6) is 0 Å². The molecule has 0 aliphatic carbocycles. The molecule has 1 nitrogen and oxygen atoms in total. The SMILES string of the molecule is CCc1ccc(-c2cc(-c3ccc(CC)cc3)c(-c3ccc(CC)cc3)nc2-c2ccc(CC)cc2)cc1. The highest BCUT2D eigenvalue weighted by Crippen LogP contribution is 2.40. The maximum Gasteiger partial charge on any atom is 0.0788 e. The van der Waals surface area contributed by atoms with Crippen molar-refractivity contribution in [1.82, 2.24) is 4.98 Å². The molecule has 5 aromatic rings. The Labute approximate surface area is 228 Å². The highest BCUT2D eigenvalue weighted by Gasteiger charge is 2.18. The zero-order valence-electron chi connectivity index (χ0n) is 23.1. The van der Waals surface area contributed by atoms with Crippen molar-refractivity contribution in [3.05, 3.63) is 125 Å². The van der Waals surface area contributed by atoms with Crippen molar-refractivity contribution < 1.29 is 0 Å². The van der Waals surface area contributed by atoms with Gasteiger partial charge in [0.05, 0.1) is 11.4 Å². The van der Waals surface area contributed by atoms with Crippen LogP contribution in [0.4, 0.5) is 0 Å². The molecular weight excluding hydrogens is 458 g/mol. The summed E-state index contributed by atoms with van der Waals surface area (Å²) < 4.78 is 0. The van der Waals surface area contributed by atoms with Gasteiger partial charge in [-0.15, -0.1) is 0 Å². The van der Waals surface area contributed by atoms with E-state index in [1.165, 1.54) is 44.5 Å². The van der Waals surface area contributed by atoms with Gasteiger partial charge in [0.2, 0.25) is 0 Å². The topological polar surface area (TPSA) is 12.9 Å². The standard InChI is InChI=1S/C37H37N/c1-5-26-9-17-30(18-10-26)34-25-35(31-19-11-27(6-2)12-20-31)37(33-23-15-29(8-4)16-24-33)38-36(34)32-21-13-28(7-3)14-22-32/h9-25H,5-8H2,1-4H3. The first-order valence-corrected chi connectivity index (χ1v) is 14.1. The summed E-state index contributed by atoms with van der Waals surface area (Å²) in [6.07, 6.45) is 4.12. The van der Waals surface area contributed by atoms with E-state index in [1.54, 1.807) is 0 Å². The minimum atomic E-state index is 1.03. The number of pyridine rings is 1. The fourth-order valence-corrected chi connectivity index (χ4v) is 5.03. The number of aromatic nitrogens is 1. The van der Waals surface area contributed by atoms with Crippen LogP contribution in [0.1, 0.15) is 49.9 Å². The van der Waals surface area contributed by atoms with E-state index in [1.807, 2.05) is 0 Å². The molecule has 1 aromatic heterocycles. The fraction of sp³-hybridized carbons (Fsp3) is 0.216. The molecule has 0 saturated heterocycles. The highest BCUT2D eigenvalue weighted by molar-refractivity contribution is 5.91. The highest BCUT2D eigenvalue weighted by atomic mass is 14.7. The molecule has 0 aliphatic rings. The van der Waals surface area contributed by atoms with Crippen LogP contribution in [-0.2, 0) is 25.7 Å². The summed E-state index contributed by atoms with van der Waals surface area (Å²) in [4.78, 5) is 5.46. The lowest BCUT2D eigenvalue weighted by molar-refractivity contribution is 1.14. The third kappa shape index (κ3) is 5.34. The van der Waals surface area contributed by atoms with Gasteiger partial charge in [0.25, 0.3) is 0 Å². The quantitative estimate of drug-likeness (QED) is 0.209. The molecule has 5 rings (SSSR count). The van der Waals surface area contributed by atoms with Crippen LogP contribution in [0.3, 0.4) is 0 Å². The summed E-state index contributed by atoms with van der Waals surface area (Å²) in [6, 6.07) is 38.2. The molecule has 38 heavy (non-hydrogen) atoms. The Bertz CT molecular complexity index is 1260. The third-order valence-corrected chi connectivity index (χ3v) is 7.64. The van der Waals surface area contributed by atoms with E-state index >= 15 is 0 Å². The molecule has 0 bridgehead atoms. The Hall–Kier alpha value is -3.97. The van der Waals surface area contributed by atoms with Crippen molar-refractivity contribution >= 4 is 0 Å². The molecule has 0 fully saturated rings. The Morgan fingerprint density at radius 1 is 0.368 bits per heavy atom. The molecule has 0 saturated carbocycles. The molecule has 0 unspecified atom stereocenters. The Morgan fingerprint density at radius 3 is 0.895 bits per heavy atom. The van der Waals surface area contributed by atoms with E-state index in [0.29, 0.717) is 0 Å². The number of rotatable bonds is 8. The summed E-state index contributed by atoms with van der Waals surface area (Å²) in [5.41, 5.74) is 14.5. The second kappa shape index (κ2) is 11.6. The van der Waals surface area contributed by atoms with Crippen molar-refractivity contribution in [3.8, 4) is 44.8 Å². The van der Waals surface area contributed by atoms with Crippen LogP contribution in [0.15, 0.2) is 103 Å². The van der Waals surface area contributed by atoms with Crippen molar-refractivity contribution in [3.63, 3.8) is 0 Å². The Morgan fingerprint density at radius 2 is 0.632 bits per heavy atom. The van der Waals surface area contributed by atoms with Crippen molar-refractivity contribution in [2.75, 3.05) is 0 Å². The lowest BCUT2D eigenvalue weighted by Gasteiger charge is -2.18. The molecule has 4 aromatic carbocycles. The van der Waals surface area contributed by atoms with Gasteiger partial charge in [-0.05, 0) is 65.1 Å². The second-order valence-electron chi connectivity index (χ2n) is 9.98. The third-order valence-electron chi connectivity index (χ3n) is 7.64. The first kappa shape index (κ1) is 25.7. The van der Waals surface area contributed by atoms with Gasteiger partial charge in [0.1, 0.15) is 0 Å². The molecule has 0 N–H and O–H groups in total. The number of hydrogen-bond acceptors (Lipinski definition) is 1. The number of nitrogens with zero attached hydrogens (tertiary/aromatic N) is 1. The molecule has 0 spiro atoms. The smallest absolute Gasteiger partial charge is 0.0788 e. The van der Waals surface area contributed by atoms with E-state index in [-0.39, 0.29) is 0 Å². The second-order valence-corrected chi connectivity index (χ2v) is 9.98. The van der Waals surface area contributed by atoms with E-state index in [9.17, 15) is 0 Å². The minimum absolute atomic E-state index is 1.03. The first-order chi connectivity index (χ1) is 18.6. The lowest BCUT2D eigenvalue weighted by Crippen LogP contribution is -1.98. The molecule has 0 aliphatic heterocycles. The average Bonchev–Trinajstić information content (AvgIpc) is 3.00. The number of hydrogen-bond donors (Lipinski definition) is 0. The summed E-state index contributed by atoms with van der Waals surface area (Å²) in [6.45, 7) is 8.80. The zero-order chi connectivity index (χ0) is 26.5. The lowest BCUT2D eigenvalue weighted by atomic mass is 9.90. The monoisotopic (exact) mass is 495 g/mol. The Balaban J connectivity index is 1.78. The van der Waals surface area contributed by atoms with Gasteiger partial charge in [-0.3, -0.25) is 0 Å². The van der Waals surface area contributed by atoms with E-state index in [4.69, 9.17) is 4.98 Å².